The summed E-state index contributed by atoms with van der Waals surface area (Å²) in [6.45, 7) is 11.0. The average Bonchev–Trinajstić information content (AvgIpc) is 2.69. The van der Waals surface area contributed by atoms with Crippen molar-refractivity contribution in [1.29, 1.82) is 0 Å². The number of ether oxygens (including phenoxy) is 2. The molecule has 0 radical (unpaired) electrons. The topological polar surface area (TPSA) is 76.1 Å². The zero-order chi connectivity index (χ0) is 21.4. The number of rotatable bonds is 10. The highest BCUT2D eigenvalue weighted by atomic mass is 16.5. The van der Waals surface area contributed by atoms with E-state index in [0.29, 0.717) is 49.3 Å². The monoisotopic (exact) mass is 405 g/mol. The Morgan fingerprint density at radius 3 is 2.34 bits per heavy atom. The molecule has 1 N–H and O–H groups in total. The number of carboxylic acids is 1. The van der Waals surface area contributed by atoms with E-state index in [2.05, 4.69) is 27.7 Å². The van der Waals surface area contributed by atoms with Crippen LogP contribution >= 0.6 is 0 Å². The number of hydrogen-bond donors (Lipinski definition) is 1. The molecule has 1 saturated heterocycles. The Kier molecular flexibility index (Phi) is 8.96. The van der Waals surface area contributed by atoms with Gasteiger partial charge in [0.05, 0.1) is 12.7 Å². The van der Waals surface area contributed by atoms with Crippen LogP contribution in [0, 0.1) is 11.8 Å². The molecule has 6 heteroatoms. The predicted molar refractivity (Wildman–Crippen MR) is 112 cm³/mol. The van der Waals surface area contributed by atoms with Gasteiger partial charge in [-0.15, -0.1) is 0 Å². The Morgan fingerprint density at radius 2 is 1.76 bits per heavy atom. The molecule has 1 aliphatic heterocycles. The van der Waals surface area contributed by atoms with Gasteiger partial charge in [0.15, 0.2) is 0 Å². The number of carboxylic acid groups (broad SMARTS) is 1. The quantitative estimate of drug-likeness (QED) is 0.636. The lowest BCUT2D eigenvalue weighted by Gasteiger charge is -2.32. The second-order valence-corrected chi connectivity index (χ2v) is 8.64. The van der Waals surface area contributed by atoms with Crippen LogP contribution < -0.4 is 4.74 Å². The summed E-state index contributed by atoms with van der Waals surface area (Å²) in [4.78, 5) is 25.8. The third-order valence-electron chi connectivity index (χ3n) is 4.88. The van der Waals surface area contributed by atoms with Gasteiger partial charge in [0.1, 0.15) is 5.75 Å². The van der Waals surface area contributed by atoms with E-state index in [4.69, 9.17) is 14.6 Å². The standard InChI is InChI=1S/C23H35NO5/c1-16(2)14-28-20-9-11-24(12-10-20)23(27)19-5-7-21(29-15-17(3)4)18(13-19)6-8-22(25)26/h5,7,13,16-17,20H,6,8-12,14-15H2,1-4H3,(H,25,26). The van der Waals surface area contributed by atoms with Gasteiger partial charge in [0.25, 0.3) is 5.91 Å². The van der Waals surface area contributed by atoms with Crippen LogP contribution in [0.2, 0.25) is 0 Å². The number of nitrogens with zero attached hydrogens (tertiary/aromatic N) is 1. The molecular weight excluding hydrogens is 370 g/mol. The summed E-state index contributed by atoms with van der Waals surface area (Å²) < 4.78 is 11.7. The minimum atomic E-state index is -0.861. The van der Waals surface area contributed by atoms with Gasteiger partial charge < -0.3 is 19.5 Å². The van der Waals surface area contributed by atoms with Crippen LogP contribution in [0.5, 0.6) is 5.75 Å². The molecule has 0 atom stereocenters. The normalized spacial score (nSPS) is 15.2. The molecular formula is C23H35NO5. The summed E-state index contributed by atoms with van der Waals surface area (Å²) in [5, 5.41) is 9.04. The molecule has 29 heavy (non-hydrogen) atoms. The first-order valence-electron chi connectivity index (χ1n) is 10.6. The number of benzene rings is 1. The Labute approximate surface area is 174 Å². The van der Waals surface area contributed by atoms with Crippen molar-refractivity contribution in [1.82, 2.24) is 4.90 Å². The van der Waals surface area contributed by atoms with Crippen molar-refractivity contribution < 1.29 is 24.2 Å². The van der Waals surface area contributed by atoms with Gasteiger partial charge in [0, 0.05) is 31.7 Å². The van der Waals surface area contributed by atoms with E-state index in [-0.39, 0.29) is 18.4 Å². The third kappa shape index (κ3) is 7.69. The van der Waals surface area contributed by atoms with Crippen molar-refractivity contribution in [2.24, 2.45) is 11.8 Å². The molecule has 0 spiro atoms. The zero-order valence-electron chi connectivity index (χ0n) is 18.1. The molecule has 1 aromatic rings. The Hall–Kier alpha value is -2.08. The molecule has 1 aliphatic rings. The summed E-state index contributed by atoms with van der Waals surface area (Å²) >= 11 is 0. The lowest BCUT2D eigenvalue weighted by atomic mass is 10.0. The van der Waals surface area contributed by atoms with Gasteiger partial charge in [-0.1, -0.05) is 27.7 Å². The van der Waals surface area contributed by atoms with E-state index in [9.17, 15) is 9.59 Å². The summed E-state index contributed by atoms with van der Waals surface area (Å²) in [7, 11) is 0. The molecule has 2 rings (SSSR count). The maximum atomic E-state index is 13.0. The van der Waals surface area contributed by atoms with Crippen LogP contribution in [0.25, 0.3) is 0 Å². The van der Waals surface area contributed by atoms with Crippen molar-refractivity contribution in [2.75, 3.05) is 26.3 Å². The van der Waals surface area contributed by atoms with Gasteiger partial charge in [-0.2, -0.15) is 0 Å². The van der Waals surface area contributed by atoms with Crippen LogP contribution in [0.1, 0.15) is 62.9 Å². The van der Waals surface area contributed by atoms with Crippen LogP contribution in [-0.2, 0) is 16.0 Å². The summed E-state index contributed by atoms with van der Waals surface area (Å²) in [5.74, 6) is 0.662. The van der Waals surface area contributed by atoms with Gasteiger partial charge in [-0.05, 0) is 54.9 Å². The van der Waals surface area contributed by atoms with Crippen LogP contribution in [0.15, 0.2) is 18.2 Å². The van der Waals surface area contributed by atoms with Gasteiger partial charge in [-0.3, -0.25) is 9.59 Å². The van der Waals surface area contributed by atoms with Crippen molar-refractivity contribution in [2.45, 2.75) is 59.5 Å². The minimum absolute atomic E-state index is 0.00820. The molecule has 0 aromatic heterocycles. The predicted octanol–water partition coefficient (Wildman–Crippen LogP) is 4.02. The number of carbonyl (C=O) groups is 2. The third-order valence-corrected chi connectivity index (χ3v) is 4.88. The van der Waals surface area contributed by atoms with Crippen molar-refractivity contribution in [3.8, 4) is 5.75 Å². The van der Waals surface area contributed by atoms with Gasteiger partial charge in [-0.25, -0.2) is 0 Å². The number of aryl methyl sites for hydroxylation is 1. The molecule has 0 saturated carbocycles. The van der Waals surface area contributed by atoms with Crippen LogP contribution in [0.4, 0.5) is 0 Å². The molecule has 6 nitrogen and oxygen atoms in total. The molecule has 1 amide bonds. The Bertz CT molecular complexity index is 678. The zero-order valence-corrected chi connectivity index (χ0v) is 18.1. The molecule has 162 valence electrons. The lowest BCUT2D eigenvalue weighted by molar-refractivity contribution is -0.136. The van der Waals surface area contributed by atoms with Crippen molar-refractivity contribution >= 4 is 11.9 Å². The van der Waals surface area contributed by atoms with Crippen LogP contribution in [0.3, 0.4) is 0 Å². The van der Waals surface area contributed by atoms with Crippen molar-refractivity contribution in [3.05, 3.63) is 29.3 Å². The highest BCUT2D eigenvalue weighted by Gasteiger charge is 2.25. The second-order valence-electron chi connectivity index (χ2n) is 8.64. The number of hydrogen-bond acceptors (Lipinski definition) is 4. The first-order valence-corrected chi connectivity index (χ1v) is 10.6. The Morgan fingerprint density at radius 1 is 1.10 bits per heavy atom. The van der Waals surface area contributed by atoms with Crippen molar-refractivity contribution in [3.63, 3.8) is 0 Å². The smallest absolute Gasteiger partial charge is 0.303 e. The van der Waals surface area contributed by atoms with E-state index in [1.165, 1.54) is 0 Å². The molecule has 0 bridgehead atoms. The molecule has 1 heterocycles. The summed E-state index contributed by atoms with van der Waals surface area (Å²) in [6.07, 6.45) is 2.27. The largest absolute Gasteiger partial charge is 0.493 e. The van der Waals surface area contributed by atoms with Gasteiger partial charge in [0.2, 0.25) is 0 Å². The molecule has 1 fully saturated rings. The molecule has 0 unspecified atom stereocenters. The summed E-state index contributed by atoms with van der Waals surface area (Å²) in [5.41, 5.74) is 1.36. The fourth-order valence-electron chi connectivity index (χ4n) is 3.28. The number of aliphatic carboxylic acids is 1. The van der Waals surface area contributed by atoms with Gasteiger partial charge >= 0.3 is 5.97 Å². The number of carbonyl (C=O) groups excluding carboxylic acids is 1. The highest BCUT2D eigenvalue weighted by Crippen LogP contribution is 2.25. The molecule has 0 aliphatic carbocycles. The fraction of sp³-hybridized carbons (Fsp3) is 0.652. The minimum Gasteiger partial charge on any atom is -0.493 e. The Balaban J connectivity index is 2.03. The van der Waals surface area contributed by atoms with E-state index in [1.54, 1.807) is 18.2 Å². The van der Waals surface area contributed by atoms with Crippen LogP contribution in [-0.4, -0.2) is 54.3 Å². The van der Waals surface area contributed by atoms with E-state index in [1.807, 2.05) is 4.90 Å². The maximum Gasteiger partial charge on any atom is 0.303 e. The molecule has 1 aromatic carbocycles. The first-order chi connectivity index (χ1) is 13.8. The number of amides is 1. The number of likely N-dealkylation sites (tertiary alicyclic amines) is 1. The van der Waals surface area contributed by atoms with E-state index >= 15 is 0 Å². The first kappa shape index (κ1) is 23.2. The second kappa shape index (κ2) is 11.2. The number of piperidine rings is 1. The fourth-order valence-corrected chi connectivity index (χ4v) is 3.28. The SMILES string of the molecule is CC(C)COc1ccc(C(=O)N2CCC(OCC(C)C)CC2)cc1CCC(=O)O. The van der Waals surface area contributed by atoms with E-state index < -0.39 is 5.97 Å². The van der Waals surface area contributed by atoms with E-state index in [0.717, 1.165) is 25.0 Å². The lowest BCUT2D eigenvalue weighted by Crippen LogP contribution is -2.41. The summed E-state index contributed by atoms with van der Waals surface area (Å²) in [6, 6.07) is 5.37. The average molecular weight is 406 g/mol. The highest BCUT2D eigenvalue weighted by molar-refractivity contribution is 5.94. The maximum absolute atomic E-state index is 13.0.